The second-order valence-electron chi connectivity index (χ2n) is 9.55. The van der Waals surface area contributed by atoms with E-state index in [0.717, 1.165) is 22.5 Å². The molecule has 0 aliphatic carbocycles. The second-order valence-corrected chi connectivity index (χ2v) is 9.55. The molecule has 1 N–H and O–H groups in total. The van der Waals surface area contributed by atoms with Crippen molar-refractivity contribution in [2.45, 2.75) is 40.0 Å². The molecule has 0 aliphatic heterocycles. The number of rotatable bonds is 8. The lowest BCUT2D eigenvalue weighted by Crippen LogP contribution is -2.40. The van der Waals surface area contributed by atoms with Crippen LogP contribution in [0.15, 0.2) is 54.6 Å². The highest BCUT2D eigenvalue weighted by molar-refractivity contribution is 5.99. The molecule has 0 unspecified atom stereocenters. The van der Waals surface area contributed by atoms with Crippen LogP contribution in [0, 0.1) is 13.8 Å². The van der Waals surface area contributed by atoms with Crippen LogP contribution < -0.4 is 5.32 Å². The van der Waals surface area contributed by atoms with Crippen LogP contribution in [0.4, 0.5) is 5.82 Å². The van der Waals surface area contributed by atoms with Gasteiger partial charge in [0, 0.05) is 30.7 Å². The Morgan fingerprint density at radius 1 is 1.03 bits per heavy atom. The van der Waals surface area contributed by atoms with Gasteiger partial charge in [0.25, 0.3) is 5.91 Å². The fourth-order valence-electron chi connectivity index (χ4n) is 3.48. The van der Waals surface area contributed by atoms with Crippen LogP contribution in [0.2, 0.25) is 0 Å². The summed E-state index contributed by atoms with van der Waals surface area (Å²) in [5.41, 5.74) is 4.22. The molecule has 180 valence electrons. The molecule has 0 radical (unpaired) electrons. The predicted octanol–water partition coefficient (Wildman–Crippen LogP) is 4.51. The molecular formula is C27H34N4O3. The quantitative estimate of drug-likeness (QED) is 0.534. The summed E-state index contributed by atoms with van der Waals surface area (Å²) < 4.78 is 6.91. The predicted molar refractivity (Wildman–Crippen MR) is 135 cm³/mol. The number of hydrogen-bond donors (Lipinski definition) is 1. The van der Waals surface area contributed by atoms with Crippen LogP contribution in [-0.2, 0) is 14.9 Å². The monoisotopic (exact) mass is 462 g/mol. The fourth-order valence-corrected chi connectivity index (χ4v) is 3.48. The molecule has 0 spiro atoms. The van der Waals surface area contributed by atoms with Gasteiger partial charge in [0.1, 0.15) is 12.4 Å². The number of carbonyl (C=O) groups is 2. The molecule has 3 rings (SSSR count). The van der Waals surface area contributed by atoms with Crippen LogP contribution in [0.3, 0.4) is 0 Å². The molecule has 7 nitrogen and oxygen atoms in total. The van der Waals surface area contributed by atoms with Gasteiger partial charge >= 0.3 is 0 Å². The number of ether oxygens (including phenoxy) is 1. The number of anilines is 1. The lowest BCUT2D eigenvalue weighted by atomic mass is 9.92. The highest BCUT2D eigenvalue weighted by Crippen LogP contribution is 2.26. The summed E-state index contributed by atoms with van der Waals surface area (Å²) in [6.07, 6.45) is 0. The van der Waals surface area contributed by atoms with Gasteiger partial charge in [0.05, 0.1) is 18.0 Å². The first-order valence-corrected chi connectivity index (χ1v) is 11.4. The lowest BCUT2D eigenvalue weighted by Gasteiger charge is -2.22. The molecule has 7 heteroatoms. The van der Waals surface area contributed by atoms with Gasteiger partial charge < -0.3 is 15.0 Å². The standard InChI is InChI=1S/C27H34N4O3/c1-19-10-12-21(13-11-19)26(33)30(14-15-34-6)18-25(32)28-24-17-23(27(3,4)5)29-31(24)22-9-7-8-20(2)16-22/h7-13,16-17H,14-15,18H2,1-6H3,(H,28,32). The zero-order valence-electron chi connectivity index (χ0n) is 20.9. The Labute approximate surface area is 201 Å². The minimum absolute atomic E-state index is 0.0973. The first-order valence-electron chi connectivity index (χ1n) is 11.4. The van der Waals surface area contributed by atoms with E-state index in [2.05, 4.69) is 26.1 Å². The van der Waals surface area contributed by atoms with Crippen LogP contribution in [-0.4, -0.2) is 53.3 Å². The summed E-state index contributed by atoms with van der Waals surface area (Å²) in [7, 11) is 1.57. The summed E-state index contributed by atoms with van der Waals surface area (Å²) in [6.45, 7) is 10.8. The summed E-state index contributed by atoms with van der Waals surface area (Å²) in [5.74, 6) is 0.0515. The number of hydrogen-bond acceptors (Lipinski definition) is 4. The summed E-state index contributed by atoms with van der Waals surface area (Å²) in [4.78, 5) is 27.7. The molecule has 34 heavy (non-hydrogen) atoms. The third kappa shape index (κ3) is 6.32. The molecular weight excluding hydrogens is 428 g/mol. The van der Waals surface area contributed by atoms with E-state index >= 15 is 0 Å². The normalized spacial score (nSPS) is 11.4. The molecule has 0 aliphatic rings. The van der Waals surface area contributed by atoms with Crippen LogP contribution >= 0.6 is 0 Å². The summed E-state index contributed by atoms with van der Waals surface area (Å²) in [5, 5.41) is 7.74. The van der Waals surface area contributed by atoms with Crippen molar-refractivity contribution in [1.29, 1.82) is 0 Å². The maximum Gasteiger partial charge on any atom is 0.254 e. The van der Waals surface area contributed by atoms with Crippen LogP contribution in [0.1, 0.15) is 48.0 Å². The third-order valence-corrected chi connectivity index (χ3v) is 5.48. The Kier molecular flexibility index (Phi) is 7.89. The molecule has 0 fully saturated rings. The Morgan fingerprint density at radius 2 is 1.74 bits per heavy atom. The largest absolute Gasteiger partial charge is 0.383 e. The van der Waals surface area contributed by atoms with Gasteiger partial charge in [-0.15, -0.1) is 0 Å². The van der Waals surface area contributed by atoms with E-state index < -0.39 is 0 Å². The van der Waals surface area contributed by atoms with E-state index in [1.807, 2.05) is 56.3 Å². The van der Waals surface area contributed by atoms with Crippen LogP contribution in [0.25, 0.3) is 5.69 Å². The highest BCUT2D eigenvalue weighted by Gasteiger charge is 2.23. The Morgan fingerprint density at radius 3 is 2.35 bits per heavy atom. The van der Waals surface area contributed by atoms with Crippen molar-refractivity contribution >= 4 is 17.6 Å². The highest BCUT2D eigenvalue weighted by atomic mass is 16.5. The number of aryl methyl sites for hydroxylation is 2. The Bertz CT molecular complexity index is 1140. The number of aromatic nitrogens is 2. The SMILES string of the molecule is COCCN(CC(=O)Nc1cc(C(C)(C)C)nn1-c1cccc(C)c1)C(=O)c1ccc(C)cc1. The van der Waals surface area contributed by atoms with Gasteiger partial charge in [-0.05, 0) is 43.7 Å². The zero-order chi connectivity index (χ0) is 24.9. The number of nitrogens with one attached hydrogen (secondary N) is 1. The first-order chi connectivity index (χ1) is 16.1. The molecule has 3 aromatic rings. The number of amides is 2. The van der Waals surface area contributed by atoms with E-state index in [9.17, 15) is 9.59 Å². The molecule has 0 saturated heterocycles. The molecule has 0 atom stereocenters. The van der Waals surface area contributed by atoms with E-state index in [0.29, 0.717) is 24.5 Å². The van der Waals surface area contributed by atoms with E-state index in [1.165, 1.54) is 4.90 Å². The van der Waals surface area contributed by atoms with Crippen molar-refractivity contribution in [2.75, 3.05) is 32.1 Å². The fraction of sp³-hybridized carbons (Fsp3) is 0.370. The number of nitrogens with zero attached hydrogens (tertiary/aromatic N) is 3. The smallest absolute Gasteiger partial charge is 0.254 e. The molecule has 2 amide bonds. The number of benzene rings is 2. The molecule has 1 aromatic heterocycles. The van der Waals surface area contributed by atoms with Crippen molar-refractivity contribution in [3.63, 3.8) is 0 Å². The van der Waals surface area contributed by atoms with Gasteiger partial charge in [-0.25, -0.2) is 4.68 Å². The summed E-state index contributed by atoms with van der Waals surface area (Å²) >= 11 is 0. The topological polar surface area (TPSA) is 76.5 Å². The Hall–Kier alpha value is -3.45. The average Bonchev–Trinajstić information content (AvgIpc) is 3.21. The minimum atomic E-state index is -0.300. The third-order valence-electron chi connectivity index (χ3n) is 5.48. The maximum absolute atomic E-state index is 13.1. The van der Waals surface area contributed by atoms with E-state index in [4.69, 9.17) is 9.84 Å². The molecule has 0 bridgehead atoms. The number of methoxy groups -OCH3 is 1. The van der Waals surface area contributed by atoms with Crippen molar-refractivity contribution in [1.82, 2.24) is 14.7 Å². The van der Waals surface area contributed by atoms with Crippen molar-refractivity contribution in [3.8, 4) is 5.69 Å². The second kappa shape index (κ2) is 10.7. The van der Waals surface area contributed by atoms with Crippen LogP contribution in [0.5, 0.6) is 0 Å². The average molecular weight is 463 g/mol. The summed E-state index contributed by atoms with van der Waals surface area (Å²) in [6, 6.07) is 17.2. The van der Waals surface area contributed by atoms with Gasteiger partial charge in [-0.2, -0.15) is 5.10 Å². The molecule has 2 aromatic carbocycles. The lowest BCUT2D eigenvalue weighted by molar-refractivity contribution is -0.117. The van der Waals surface area contributed by atoms with E-state index in [1.54, 1.807) is 23.9 Å². The van der Waals surface area contributed by atoms with E-state index in [-0.39, 0.29) is 23.8 Å². The number of carbonyl (C=O) groups excluding carboxylic acids is 2. The van der Waals surface area contributed by atoms with Gasteiger partial charge in [-0.1, -0.05) is 50.6 Å². The Balaban J connectivity index is 1.85. The van der Waals surface area contributed by atoms with Crippen molar-refractivity contribution in [2.24, 2.45) is 0 Å². The van der Waals surface area contributed by atoms with Gasteiger partial charge in [-0.3, -0.25) is 9.59 Å². The van der Waals surface area contributed by atoms with Crippen molar-refractivity contribution in [3.05, 3.63) is 77.0 Å². The first kappa shape index (κ1) is 25.2. The van der Waals surface area contributed by atoms with Crippen molar-refractivity contribution < 1.29 is 14.3 Å². The van der Waals surface area contributed by atoms with Gasteiger partial charge in [0.15, 0.2) is 0 Å². The van der Waals surface area contributed by atoms with Gasteiger partial charge in [0.2, 0.25) is 5.91 Å². The molecule has 0 saturated carbocycles. The maximum atomic E-state index is 13.1. The molecule has 1 heterocycles. The minimum Gasteiger partial charge on any atom is -0.383 e. The zero-order valence-corrected chi connectivity index (χ0v) is 20.9.